The fourth-order valence-electron chi connectivity index (χ4n) is 8.67. The predicted octanol–water partition coefficient (Wildman–Crippen LogP) is 17.1. The van der Waals surface area contributed by atoms with Crippen LogP contribution in [0, 0.1) is 0 Å². The summed E-state index contributed by atoms with van der Waals surface area (Å²) < 4.78 is 5.48. The number of carbonyl (C=O) groups is 2. The van der Waals surface area contributed by atoms with Gasteiger partial charge in [0.1, 0.15) is 0 Å². The van der Waals surface area contributed by atoms with E-state index in [9.17, 15) is 19.8 Å². The van der Waals surface area contributed by atoms with Gasteiger partial charge in [-0.15, -0.1) is 0 Å². The van der Waals surface area contributed by atoms with E-state index in [4.69, 9.17) is 4.74 Å². The Kier molecular flexibility index (Phi) is 51.6. The van der Waals surface area contributed by atoms with Gasteiger partial charge in [0.05, 0.1) is 25.4 Å². The van der Waals surface area contributed by atoms with E-state index >= 15 is 0 Å². The van der Waals surface area contributed by atoms with Crippen LogP contribution in [0.4, 0.5) is 0 Å². The molecule has 0 aliphatic rings. The minimum absolute atomic E-state index is 0.0169. The van der Waals surface area contributed by atoms with Crippen LogP contribution in [0.5, 0.6) is 0 Å². The van der Waals surface area contributed by atoms with E-state index in [1.54, 1.807) is 0 Å². The van der Waals surface area contributed by atoms with Gasteiger partial charge in [-0.1, -0.05) is 256 Å². The molecule has 6 heteroatoms. The van der Waals surface area contributed by atoms with Crippen molar-refractivity contribution < 1.29 is 24.5 Å². The molecule has 3 N–H and O–H groups in total. The van der Waals surface area contributed by atoms with Gasteiger partial charge >= 0.3 is 5.97 Å². The van der Waals surface area contributed by atoms with Crippen molar-refractivity contribution in [2.24, 2.45) is 0 Å². The maximum atomic E-state index is 12.5. The number of rotatable bonds is 52. The van der Waals surface area contributed by atoms with Gasteiger partial charge in [-0.3, -0.25) is 9.59 Å². The molecule has 0 aromatic rings. The molecule has 0 aliphatic heterocycles. The number of allylic oxidation sites excluding steroid dienone is 4. The minimum atomic E-state index is -0.677. The van der Waals surface area contributed by atoms with Crippen LogP contribution in [0.1, 0.15) is 303 Å². The number of ether oxygens (including phenoxy) is 1. The highest BCUT2D eigenvalue weighted by molar-refractivity contribution is 5.76. The molecule has 0 saturated carbocycles. The topological polar surface area (TPSA) is 95.9 Å². The van der Waals surface area contributed by atoms with Crippen LogP contribution in [0.2, 0.25) is 0 Å². The average Bonchev–Trinajstić information content (AvgIpc) is 3.28. The summed E-state index contributed by atoms with van der Waals surface area (Å²) >= 11 is 0. The van der Waals surface area contributed by atoms with Crippen LogP contribution in [-0.4, -0.2) is 47.4 Å². The molecule has 2 unspecified atom stereocenters. The molecule has 0 spiro atoms. The Labute approximate surface area is 392 Å². The zero-order valence-electron chi connectivity index (χ0n) is 42.3. The standard InChI is InChI=1S/C57H109NO5/c1-3-5-7-9-11-13-15-17-19-21-22-23-25-27-31-35-39-43-47-51-57(62)63-52-48-44-40-36-32-28-30-34-38-42-46-50-56(61)58-54(53-59)55(60)49-45-41-37-33-29-26-24-20-18-16-14-12-10-8-6-4-2/h11,13,17,19,54-55,59-60H,3-10,12,14-16,18,20-53H2,1-2H3,(H,58,61)/b13-11-,19-17-. The summed E-state index contributed by atoms with van der Waals surface area (Å²) in [5.41, 5.74) is 0. The van der Waals surface area contributed by atoms with Crippen molar-refractivity contribution in [1.82, 2.24) is 5.32 Å². The highest BCUT2D eigenvalue weighted by Gasteiger charge is 2.20. The maximum Gasteiger partial charge on any atom is 0.305 e. The van der Waals surface area contributed by atoms with Crippen molar-refractivity contribution in [2.75, 3.05) is 13.2 Å². The summed E-state index contributed by atoms with van der Waals surface area (Å²) in [6, 6.07) is -0.556. The maximum absolute atomic E-state index is 12.5. The summed E-state index contributed by atoms with van der Waals surface area (Å²) in [5.74, 6) is -0.0694. The number of hydrogen-bond acceptors (Lipinski definition) is 5. The summed E-state index contributed by atoms with van der Waals surface area (Å²) in [5, 5.41) is 23.3. The largest absolute Gasteiger partial charge is 0.466 e. The first-order valence-corrected chi connectivity index (χ1v) is 28.1. The van der Waals surface area contributed by atoms with Crippen molar-refractivity contribution in [1.29, 1.82) is 0 Å². The Morgan fingerprint density at radius 2 is 0.794 bits per heavy atom. The van der Waals surface area contributed by atoms with E-state index in [-0.39, 0.29) is 18.5 Å². The molecule has 0 rings (SSSR count). The molecule has 6 nitrogen and oxygen atoms in total. The molecule has 0 aromatic carbocycles. The van der Waals surface area contributed by atoms with Crippen molar-refractivity contribution in [3.05, 3.63) is 24.3 Å². The number of unbranched alkanes of at least 4 members (excludes halogenated alkanes) is 37. The number of aliphatic hydroxyl groups excluding tert-OH is 2. The second kappa shape index (κ2) is 53.0. The van der Waals surface area contributed by atoms with Gasteiger partial charge in [0, 0.05) is 12.8 Å². The van der Waals surface area contributed by atoms with Crippen LogP contribution in [-0.2, 0) is 14.3 Å². The van der Waals surface area contributed by atoms with Gasteiger partial charge in [0.25, 0.3) is 0 Å². The van der Waals surface area contributed by atoms with Crippen molar-refractivity contribution in [3.63, 3.8) is 0 Å². The van der Waals surface area contributed by atoms with Crippen LogP contribution >= 0.6 is 0 Å². The highest BCUT2D eigenvalue weighted by atomic mass is 16.5. The molecular weight excluding hydrogens is 779 g/mol. The molecule has 0 saturated heterocycles. The van der Waals surface area contributed by atoms with E-state index in [0.29, 0.717) is 25.9 Å². The Morgan fingerprint density at radius 1 is 0.444 bits per heavy atom. The zero-order valence-corrected chi connectivity index (χ0v) is 42.3. The second-order valence-corrected chi connectivity index (χ2v) is 19.3. The third-order valence-electron chi connectivity index (χ3n) is 13.0. The molecule has 0 heterocycles. The first-order chi connectivity index (χ1) is 31.0. The Balaban J connectivity index is 3.45. The van der Waals surface area contributed by atoms with Gasteiger partial charge in [-0.2, -0.15) is 0 Å². The van der Waals surface area contributed by atoms with Gasteiger partial charge in [0.2, 0.25) is 5.91 Å². The lowest BCUT2D eigenvalue weighted by Gasteiger charge is -2.22. The highest BCUT2D eigenvalue weighted by Crippen LogP contribution is 2.17. The SMILES string of the molecule is CCCCC/C=C\C/C=C\CCCCCCCCCCCC(=O)OCCCCCCCCCCCCCC(=O)NC(CO)C(O)CCCCCCCCCCCCCCCCCC. The van der Waals surface area contributed by atoms with Gasteiger partial charge in [-0.25, -0.2) is 0 Å². The molecule has 372 valence electrons. The second-order valence-electron chi connectivity index (χ2n) is 19.3. The van der Waals surface area contributed by atoms with Crippen LogP contribution in [0.25, 0.3) is 0 Å². The molecule has 0 radical (unpaired) electrons. The smallest absolute Gasteiger partial charge is 0.305 e. The Bertz CT molecular complexity index is 982. The normalized spacial score (nSPS) is 12.8. The summed E-state index contributed by atoms with van der Waals surface area (Å²) in [4.78, 5) is 24.6. The van der Waals surface area contributed by atoms with E-state index in [0.717, 1.165) is 64.2 Å². The Hall–Kier alpha value is -1.66. The molecule has 0 aromatic heterocycles. The molecule has 2 atom stereocenters. The number of aliphatic hydroxyl groups is 2. The minimum Gasteiger partial charge on any atom is -0.466 e. The van der Waals surface area contributed by atoms with Gasteiger partial charge in [0.15, 0.2) is 0 Å². The van der Waals surface area contributed by atoms with Gasteiger partial charge in [-0.05, 0) is 57.8 Å². The van der Waals surface area contributed by atoms with E-state index < -0.39 is 12.1 Å². The van der Waals surface area contributed by atoms with Crippen molar-refractivity contribution >= 4 is 11.9 Å². The fourth-order valence-corrected chi connectivity index (χ4v) is 8.67. The quantitative estimate of drug-likeness (QED) is 0.0321. The summed E-state index contributed by atoms with van der Waals surface area (Å²) in [6.07, 6.45) is 62.9. The fraction of sp³-hybridized carbons (Fsp3) is 0.895. The summed E-state index contributed by atoms with van der Waals surface area (Å²) in [7, 11) is 0. The Morgan fingerprint density at radius 3 is 1.24 bits per heavy atom. The molecule has 1 amide bonds. The van der Waals surface area contributed by atoms with Crippen LogP contribution in [0.3, 0.4) is 0 Å². The third kappa shape index (κ3) is 49.6. The van der Waals surface area contributed by atoms with Crippen LogP contribution in [0.15, 0.2) is 24.3 Å². The van der Waals surface area contributed by atoms with Crippen molar-refractivity contribution in [2.45, 2.75) is 315 Å². The first kappa shape index (κ1) is 61.3. The molecule has 0 aliphatic carbocycles. The number of carbonyl (C=O) groups excluding carboxylic acids is 2. The lowest BCUT2D eigenvalue weighted by molar-refractivity contribution is -0.143. The zero-order chi connectivity index (χ0) is 45.8. The summed E-state index contributed by atoms with van der Waals surface area (Å²) in [6.45, 7) is 4.90. The van der Waals surface area contributed by atoms with E-state index in [1.165, 1.54) is 205 Å². The number of esters is 1. The lowest BCUT2D eigenvalue weighted by Crippen LogP contribution is -2.45. The molecule has 63 heavy (non-hydrogen) atoms. The van der Waals surface area contributed by atoms with Crippen molar-refractivity contribution in [3.8, 4) is 0 Å². The van der Waals surface area contributed by atoms with Gasteiger partial charge < -0.3 is 20.3 Å². The monoisotopic (exact) mass is 888 g/mol. The average molecular weight is 889 g/mol. The lowest BCUT2D eigenvalue weighted by atomic mass is 10.0. The number of hydrogen-bond donors (Lipinski definition) is 3. The number of nitrogens with one attached hydrogen (secondary N) is 1. The molecule has 0 fully saturated rings. The predicted molar refractivity (Wildman–Crippen MR) is 273 cm³/mol. The van der Waals surface area contributed by atoms with E-state index in [2.05, 4.69) is 43.5 Å². The molecular formula is C57H109NO5. The van der Waals surface area contributed by atoms with E-state index in [1.807, 2.05) is 0 Å². The number of amides is 1. The third-order valence-corrected chi connectivity index (χ3v) is 13.0. The van der Waals surface area contributed by atoms with Crippen LogP contribution < -0.4 is 5.32 Å². The first-order valence-electron chi connectivity index (χ1n) is 28.1. The molecule has 0 bridgehead atoms.